The van der Waals surface area contributed by atoms with Gasteiger partial charge in [-0.2, -0.15) is 11.3 Å². The van der Waals surface area contributed by atoms with Gasteiger partial charge in [0.25, 0.3) is 0 Å². The van der Waals surface area contributed by atoms with E-state index in [1.54, 1.807) is 0 Å². The second-order valence-corrected chi connectivity index (χ2v) is 6.42. The van der Waals surface area contributed by atoms with Gasteiger partial charge in [0.2, 0.25) is 0 Å². The van der Waals surface area contributed by atoms with Crippen molar-refractivity contribution in [1.29, 1.82) is 0 Å². The second-order valence-electron chi connectivity index (χ2n) is 3.53. The van der Waals surface area contributed by atoms with Crippen molar-refractivity contribution in [2.75, 3.05) is 12.3 Å². The van der Waals surface area contributed by atoms with Crippen molar-refractivity contribution in [2.24, 2.45) is 11.7 Å². The molecule has 0 aromatic carbocycles. The molecule has 1 unspecified atom stereocenters. The van der Waals surface area contributed by atoms with Crippen LogP contribution >= 0.6 is 11.3 Å². The van der Waals surface area contributed by atoms with Crippen molar-refractivity contribution in [2.45, 2.75) is 12.7 Å². The van der Waals surface area contributed by atoms with Crippen molar-refractivity contribution >= 4 is 21.2 Å². The van der Waals surface area contributed by atoms with Gasteiger partial charge in [-0.25, -0.2) is 8.42 Å². The molecule has 1 heterocycles. The minimum Gasteiger partial charge on any atom is -0.330 e. The highest BCUT2D eigenvalue weighted by atomic mass is 32.2. The molecule has 0 aliphatic heterocycles. The maximum Gasteiger partial charge on any atom is 0.154 e. The Morgan fingerprint density at radius 2 is 2.29 bits per heavy atom. The van der Waals surface area contributed by atoms with Crippen molar-refractivity contribution in [3.05, 3.63) is 22.4 Å². The monoisotopic (exact) mass is 233 g/mol. The molecule has 0 saturated carbocycles. The lowest BCUT2D eigenvalue weighted by molar-refractivity contribution is 0.573. The summed E-state index contributed by atoms with van der Waals surface area (Å²) >= 11 is 1.52. The van der Waals surface area contributed by atoms with E-state index in [0.717, 1.165) is 5.56 Å². The third-order valence-corrected chi connectivity index (χ3v) is 4.49. The first-order chi connectivity index (χ1) is 6.53. The van der Waals surface area contributed by atoms with E-state index in [-0.39, 0.29) is 17.4 Å². The van der Waals surface area contributed by atoms with Gasteiger partial charge in [-0.1, -0.05) is 6.92 Å². The summed E-state index contributed by atoms with van der Waals surface area (Å²) in [5.74, 6) is 0.360. The van der Waals surface area contributed by atoms with E-state index in [0.29, 0.717) is 6.54 Å². The molecule has 0 radical (unpaired) electrons. The van der Waals surface area contributed by atoms with Crippen molar-refractivity contribution < 1.29 is 8.42 Å². The summed E-state index contributed by atoms with van der Waals surface area (Å²) in [6.45, 7) is 2.27. The Kier molecular flexibility index (Phi) is 4.10. The van der Waals surface area contributed by atoms with E-state index in [1.165, 1.54) is 11.3 Å². The van der Waals surface area contributed by atoms with Crippen LogP contribution in [0.1, 0.15) is 12.5 Å². The fourth-order valence-electron chi connectivity index (χ4n) is 1.19. The van der Waals surface area contributed by atoms with Crippen molar-refractivity contribution in [3.63, 3.8) is 0 Å². The molecule has 0 aliphatic carbocycles. The summed E-state index contributed by atoms with van der Waals surface area (Å²) < 4.78 is 23.2. The average Bonchev–Trinajstić information content (AvgIpc) is 2.54. The molecule has 1 atom stereocenters. The summed E-state index contributed by atoms with van der Waals surface area (Å²) in [6.07, 6.45) is 0. The minimum absolute atomic E-state index is 0.0404. The SMILES string of the molecule is CC(CN)CS(=O)(=O)Cc1ccsc1. The van der Waals surface area contributed by atoms with E-state index in [2.05, 4.69) is 0 Å². The number of hydrogen-bond acceptors (Lipinski definition) is 4. The molecule has 0 fully saturated rings. The molecule has 2 N–H and O–H groups in total. The zero-order valence-electron chi connectivity index (χ0n) is 8.14. The molecule has 80 valence electrons. The van der Waals surface area contributed by atoms with Crippen molar-refractivity contribution in [1.82, 2.24) is 0 Å². The normalized spacial score (nSPS) is 14.1. The highest BCUT2D eigenvalue weighted by molar-refractivity contribution is 7.90. The Labute approximate surface area is 88.9 Å². The molecule has 0 aliphatic rings. The van der Waals surface area contributed by atoms with Gasteiger partial charge in [-0.05, 0) is 34.9 Å². The fourth-order valence-corrected chi connectivity index (χ4v) is 3.77. The molecule has 14 heavy (non-hydrogen) atoms. The van der Waals surface area contributed by atoms with Gasteiger partial charge >= 0.3 is 0 Å². The van der Waals surface area contributed by atoms with E-state index >= 15 is 0 Å². The van der Waals surface area contributed by atoms with Crippen LogP contribution in [0.4, 0.5) is 0 Å². The summed E-state index contributed by atoms with van der Waals surface area (Å²) in [4.78, 5) is 0. The van der Waals surface area contributed by atoms with E-state index in [9.17, 15) is 8.42 Å². The Morgan fingerprint density at radius 3 is 2.79 bits per heavy atom. The first-order valence-electron chi connectivity index (χ1n) is 4.45. The van der Waals surface area contributed by atoms with E-state index in [4.69, 9.17) is 5.73 Å². The minimum atomic E-state index is -2.99. The summed E-state index contributed by atoms with van der Waals surface area (Å²) in [6, 6.07) is 1.84. The third kappa shape index (κ3) is 3.77. The zero-order chi connectivity index (χ0) is 10.6. The number of hydrogen-bond donors (Lipinski definition) is 1. The zero-order valence-corrected chi connectivity index (χ0v) is 9.77. The molecule has 0 bridgehead atoms. The van der Waals surface area contributed by atoms with Crippen LogP contribution in [0.3, 0.4) is 0 Å². The van der Waals surface area contributed by atoms with Gasteiger partial charge in [0.15, 0.2) is 9.84 Å². The number of rotatable bonds is 5. The lowest BCUT2D eigenvalue weighted by Crippen LogP contribution is -2.21. The van der Waals surface area contributed by atoms with Gasteiger partial charge in [-0.15, -0.1) is 0 Å². The number of nitrogens with two attached hydrogens (primary N) is 1. The lowest BCUT2D eigenvalue weighted by Gasteiger charge is -2.08. The van der Waals surface area contributed by atoms with E-state index < -0.39 is 9.84 Å². The molecule has 1 rings (SSSR count). The highest BCUT2D eigenvalue weighted by Crippen LogP contribution is 2.12. The summed E-state index contributed by atoms with van der Waals surface area (Å²) in [5.41, 5.74) is 6.26. The van der Waals surface area contributed by atoms with Crippen LogP contribution < -0.4 is 5.73 Å². The summed E-state index contributed by atoms with van der Waals surface area (Å²) in [5, 5.41) is 3.75. The van der Waals surface area contributed by atoms with Gasteiger partial charge in [-0.3, -0.25) is 0 Å². The Balaban J connectivity index is 2.59. The Morgan fingerprint density at radius 1 is 1.57 bits per heavy atom. The molecule has 0 spiro atoms. The molecule has 3 nitrogen and oxygen atoms in total. The molecule has 1 aromatic rings. The Bertz CT molecular complexity index is 356. The molecule has 1 aromatic heterocycles. The van der Waals surface area contributed by atoms with Crippen LogP contribution in [0.5, 0.6) is 0 Å². The van der Waals surface area contributed by atoms with Crippen LogP contribution in [0.2, 0.25) is 0 Å². The Hall–Kier alpha value is -0.390. The maximum absolute atomic E-state index is 11.6. The number of sulfone groups is 1. The lowest BCUT2D eigenvalue weighted by atomic mass is 10.2. The van der Waals surface area contributed by atoms with Crippen LogP contribution in [-0.2, 0) is 15.6 Å². The van der Waals surface area contributed by atoms with Gasteiger partial charge in [0.1, 0.15) is 0 Å². The first-order valence-corrected chi connectivity index (χ1v) is 7.21. The maximum atomic E-state index is 11.6. The van der Waals surface area contributed by atoms with Crippen LogP contribution in [-0.4, -0.2) is 20.7 Å². The quantitative estimate of drug-likeness (QED) is 0.833. The third-order valence-electron chi connectivity index (χ3n) is 1.91. The van der Waals surface area contributed by atoms with E-state index in [1.807, 2.05) is 23.8 Å². The molecular formula is C9H15NO2S2. The second kappa shape index (κ2) is 4.91. The number of thiophene rings is 1. The highest BCUT2D eigenvalue weighted by Gasteiger charge is 2.15. The smallest absolute Gasteiger partial charge is 0.154 e. The molecule has 0 amide bonds. The van der Waals surface area contributed by atoms with Crippen molar-refractivity contribution in [3.8, 4) is 0 Å². The van der Waals surface area contributed by atoms with Crippen LogP contribution in [0, 0.1) is 5.92 Å². The topological polar surface area (TPSA) is 60.2 Å². The van der Waals surface area contributed by atoms with Gasteiger partial charge in [0, 0.05) is 0 Å². The molecular weight excluding hydrogens is 218 g/mol. The van der Waals surface area contributed by atoms with Gasteiger partial charge < -0.3 is 5.73 Å². The molecule has 0 saturated heterocycles. The average molecular weight is 233 g/mol. The van der Waals surface area contributed by atoms with Gasteiger partial charge in [0.05, 0.1) is 11.5 Å². The predicted octanol–water partition coefficient (Wildman–Crippen LogP) is 1.26. The largest absolute Gasteiger partial charge is 0.330 e. The standard InChI is InChI=1S/C9H15NO2S2/c1-8(4-10)6-14(11,12)7-9-2-3-13-5-9/h2-3,5,8H,4,6-7,10H2,1H3. The summed E-state index contributed by atoms with van der Waals surface area (Å²) in [7, 11) is -2.99. The van der Waals surface area contributed by atoms with Crippen LogP contribution in [0.25, 0.3) is 0 Å². The first kappa shape index (κ1) is 11.7. The predicted molar refractivity (Wildman–Crippen MR) is 60.0 cm³/mol. The van der Waals surface area contributed by atoms with Crippen LogP contribution in [0.15, 0.2) is 16.8 Å². The molecule has 5 heteroatoms. The fraction of sp³-hybridized carbons (Fsp3) is 0.556.